The number of hydrogen-bond acceptors (Lipinski definition) is 5. The monoisotopic (exact) mass is 480 g/mol. The predicted octanol–water partition coefficient (Wildman–Crippen LogP) is 6.54. The van der Waals surface area contributed by atoms with E-state index in [1.807, 2.05) is 48.5 Å². The third-order valence-electron chi connectivity index (χ3n) is 4.94. The van der Waals surface area contributed by atoms with E-state index in [9.17, 15) is 18.4 Å². The lowest BCUT2D eigenvalue weighted by Crippen LogP contribution is -2.14. The first-order valence-corrected chi connectivity index (χ1v) is 11.2. The Labute approximate surface area is 198 Å². The van der Waals surface area contributed by atoms with E-state index in [2.05, 4.69) is 16.3 Å². The van der Waals surface area contributed by atoms with Crippen molar-refractivity contribution in [3.63, 3.8) is 0 Å². The summed E-state index contributed by atoms with van der Waals surface area (Å²) in [5, 5.41) is 17.0. The number of nitrogens with zero attached hydrogens (tertiary/aromatic N) is 4. The van der Waals surface area contributed by atoms with E-state index in [-0.39, 0.29) is 23.3 Å². The van der Waals surface area contributed by atoms with Crippen LogP contribution in [-0.2, 0) is 12.8 Å². The van der Waals surface area contributed by atoms with E-state index < -0.39 is 17.0 Å². The normalized spacial score (nSPS) is 12.2. The highest BCUT2D eigenvalue weighted by atomic mass is 32.2. The molecule has 0 aliphatic heterocycles. The van der Waals surface area contributed by atoms with Crippen molar-refractivity contribution >= 4 is 11.8 Å². The molecular weight excluding hydrogens is 461 g/mol. The van der Waals surface area contributed by atoms with E-state index in [4.69, 9.17) is 4.74 Å². The Morgan fingerprint density at radius 3 is 2.38 bits per heavy atom. The van der Waals surface area contributed by atoms with Gasteiger partial charge in [-0.3, -0.25) is 4.57 Å². The van der Waals surface area contributed by atoms with Crippen LogP contribution in [0.15, 0.2) is 84.0 Å². The maximum Gasteiger partial charge on any atom is 0.418 e. The van der Waals surface area contributed by atoms with Crippen molar-refractivity contribution in [2.45, 2.75) is 30.1 Å². The fraction of sp³-hybridized carbons (Fsp3) is 0.160. The van der Waals surface area contributed by atoms with Gasteiger partial charge >= 0.3 is 6.18 Å². The molecule has 0 fully saturated rings. The Hall–Kier alpha value is -3.77. The number of benzene rings is 3. The molecule has 9 heteroatoms. The molecule has 5 nitrogen and oxygen atoms in total. The molecule has 0 aliphatic carbocycles. The minimum atomic E-state index is -4.58. The van der Waals surface area contributed by atoms with E-state index >= 15 is 0 Å². The van der Waals surface area contributed by atoms with Gasteiger partial charge in [0.05, 0.1) is 22.6 Å². The van der Waals surface area contributed by atoms with Gasteiger partial charge in [0.25, 0.3) is 0 Å². The molecule has 1 unspecified atom stereocenters. The molecule has 1 atom stereocenters. The van der Waals surface area contributed by atoms with Crippen LogP contribution < -0.4 is 4.74 Å². The second-order valence-corrected chi connectivity index (χ2v) is 8.60. The largest absolute Gasteiger partial charge is 0.485 e. The zero-order chi connectivity index (χ0) is 24.1. The van der Waals surface area contributed by atoms with E-state index in [1.165, 1.54) is 22.8 Å². The minimum Gasteiger partial charge on any atom is -0.485 e. The Balaban J connectivity index is 1.74. The lowest BCUT2D eigenvalue weighted by molar-refractivity contribution is -0.137. The van der Waals surface area contributed by atoms with E-state index in [0.29, 0.717) is 5.75 Å². The van der Waals surface area contributed by atoms with Crippen LogP contribution >= 0.6 is 11.8 Å². The Kier molecular flexibility index (Phi) is 6.89. The third kappa shape index (κ3) is 5.07. The number of hydrogen-bond donors (Lipinski definition) is 0. The average molecular weight is 481 g/mol. The summed E-state index contributed by atoms with van der Waals surface area (Å²) < 4.78 is 48.7. The van der Waals surface area contributed by atoms with Crippen molar-refractivity contribution in [2.24, 2.45) is 0 Å². The van der Waals surface area contributed by atoms with Crippen LogP contribution in [0.5, 0.6) is 5.75 Å². The molecule has 0 bridgehead atoms. The zero-order valence-corrected chi connectivity index (χ0v) is 18.8. The maximum absolute atomic E-state index is 13.8. The summed E-state index contributed by atoms with van der Waals surface area (Å²) in [6.45, 7) is 1.52. The first-order chi connectivity index (χ1) is 16.4. The van der Waals surface area contributed by atoms with Crippen molar-refractivity contribution in [1.29, 1.82) is 5.26 Å². The molecule has 0 amide bonds. The van der Waals surface area contributed by atoms with Crippen LogP contribution in [0.25, 0.3) is 16.8 Å². The molecule has 1 aromatic heterocycles. The number of halogens is 3. The number of nitriles is 1. The van der Waals surface area contributed by atoms with E-state index in [1.54, 1.807) is 13.0 Å². The van der Waals surface area contributed by atoms with Gasteiger partial charge in [-0.25, -0.2) is 0 Å². The lowest BCUT2D eigenvalue weighted by Gasteiger charge is -2.17. The molecule has 172 valence electrons. The Morgan fingerprint density at radius 2 is 1.65 bits per heavy atom. The first-order valence-electron chi connectivity index (χ1n) is 10.3. The molecule has 0 saturated heterocycles. The van der Waals surface area contributed by atoms with Crippen LogP contribution in [0.1, 0.15) is 18.3 Å². The van der Waals surface area contributed by atoms with Crippen molar-refractivity contribution in [3.05, 3.63) is 90.3 Å². The summed E-state index contributed by atoms with van der Waals surface area (Å²) in [5.41, 5.74) is 0.841. The van der Waals surface area contributed by atoms with Crippen LogP contribution in [-0.4, -0.2) is 20.0 Å². The van der Waals surface area contributed by atoms with Crippen LogP contribution in [0.2, 0.25) is 0 Å². The molecule has 4 rings (SSSR count). The fourth-order valence-corrected chi connectivity index (χ4v) is 4.16. The van der Waals surface area contributed by atoms with Gasteiger partial charge < -0.3 is 4.74 Å². The second-order valence-electron chi connectivity index (χ2n) is 7.29. The standard InChI is InChI=1S/C25H19F3N4OS/c1-17(15-29)34-24-31-30-23(32(24)21-13-7-6-12-20(21)25(26,27)28)16-33-22-14-8-5-11-19(22)18-9-3-2-4-10-18/h2-14,17H,16H2,1H3. The highest BCUT2D eigenvalue weighted by Gasteiger charge is 2.35. The van der Waals surface area contributed by atoms with Crippen molar-refractivity contribution in [1.82, 2.24) is 14.8 Å². The van der Waals surface area contributed by atoms with Crippen LogP contribution in [0.4, 0.5) is 13.2 Å². The molecular formula is C25H19F3N4OS. The molecule has 3 aromatic carbocycles. The van der Waals surface area contributed by atoms with Gasteiger partial charge in [-0.1, -0.05) is 72.4 Å². The highest BCUT2D eigenvalue weighted by Crippen LogP contribution is 2.37. The number of ether oxygens (including phenoxy) is 1. The Bertz CT molecular complexity index is 1320. The van der Waals surface area contributed by atoms with Crippen LogP contribution in [0, 0.1) is 11.3 Å². The van der Waals surface area contributed by atoms with Crippen molar-refractivity contribution in [2.75, 3.05) is 0 Å². The summed E-state index contributed by atoms with van der Waals surface area (Å²) in [5.74, 6) is 0.749. The molecule has 0 saturated carbocycles. The average Bonchev–Trinajstić information content (AvgIpc) is 3.24. The van der Waals surface area contributed by atoms with Gasteiger partial charge in [0.2, 0.25) is 0 Å². The smallest absolute Gasteiger partial charge is 0.418 e. The molecule has 0 aliphatic rings. The van der Waals surface area contributed by atoms with Crippen LogP contribution in [0.3, 0.4) is 0 Å². The van der Waals surface area contributed by atoms with Crippen molar-refractivity contribution in [3.8, 4) is 28.6 Å². The maximum atomic E-state index is 13.8. The molecule has 34 heavy (non-hydrogen) atoms. The quantitative estimate of drug-likeness (QED) is 0.281. The third-order valence-corrected chi connectivity index (χ3v) is 5.88. The summed E-state index contributed by atoms with van der Waals surface area (Å²) >= 11 is 1.03. The Morgan fingerprint density at radius 1 is 0.971 bits per heavy atom. The number of rotatable bonds is 7. The molecule has 0 N–H and O–H groups in total. The van der Waals surface area contributed by atoms with Gasteiger partial charge in [0, 0.05) is 5.56 Å². The van der Waals surface area contributed by atoms with Crippen molar-refractivity contribution < 1.29 is 17.9 Å². The summed E-state index contributed by atoms with van der Waals surface area (Å²) in [7, 11) is 0. The number of thioether (sulfide) groups is 1. The van der Waals surface area contributed by atoms with Gasteiger partial charge in [-0.2, -0.15) is 18.4 Å². The molecule has 0 radical (unpaired) electrons. The number of aromatic nitrogens is 3. The molecule has 4 aromatic rings. The van der Waals surface area contributed by atoms with Gasteiger partial charge in [0.15, 0.2) is 11.0 Å². The summed E-state index contributed by atoms with van der Waals surface area (Å²) in [6, 6.07) is 24.3. The summed E-state index contributed by atoms with van der Waals surface area (Å²) in [4.78, 5) is 0. The minimum absolute atomic E-state index is 0.121. The lowest BCUT2D eigenvalue weighted by atomic mass is 10.1. The number of alkyl halides is 3. The van der Waals surface area contributed by atoms with Gasteiger partial charge in [-0.15, -0.1) is 10.2 Å². The second kappa shape index (κ2) is 10.0. The van der Waals surface area contributed by atoms with Gasteiger partial charge in [0.1, 0.15) is 12.4 Å². The topological polar surface area (TPSA) is 63.7 Å². The zero-order valence-electron chi connectivity index (χ0n) is 18.0. The van der Waals surface area contributed by atoms with E-state index in [0.717, 1.165) is 29.0 Å². The predicted molar refractivity (Wildman–Crippen MR) is 124 cm³/mol. The molecule has 1 heterocycles. The highest BCUT2D eigenvalue weighted by molar-refractivity contribution is 8.00. The van der Waals surface area contributed by atoms with Gasteiger partial charge in [-0.05, 0) is 30.7 Å². The SMILES string of the molecule is CC(C#N)Sc1nnc(COc2ccccc2-c2ccccc2)n1-c1ccccc1C(F)(F)F. The molecule has 0 spiro atoms. The summed E-state index contributed by atoms with van der Waals surface area (Å²) in [6.07, 6.45) is -4.58. The first kappa shape index (κ1) is 23.4. The fourth-order valence-electron chi connectivity index (χ4n) is 3.40. The number of para-hydroxylation sites is 2.